The van der Waals surface area contributed by atoms with Crippen molar-refractivity contribution >= 4 is 17.7 Å². The molecule has 0 radical (unpaired) electrons. The second-order valence-electron chi connectivity index (χ2n) is 11.2. The van der Waals surface area contributed by atoms with Gasteiger partial charge in [0, 0.05) is 11.3 Å². The summed E-state index contributed by atoms with van der Waals surface area (Å²) in [6.07, 6.45) is -3.65. The van der Waals surface area contributed by atoms with Crippen molar-refractivity contribution in [2.75, 3.05) is 11.5 Å². The van der Waals surface area contributed by atoms with Crippen LogP contribution in [0.3, 0.4) is 0 Å². The van der Waals surface area contributed by atoms with E-state index < -0.39 is 61.0 Å². The Labute approximate surface area is 248 Å². The first-order valence-electron chi connectivity index (χ1n) is 14.2. The molecule has 6 N–H and O–H groups in total. The van der Waals surface area contributed by atoms with E-state index in [1.54, 1.807) is 23.1 Å². The van der Waals surface area contributed by atoms with E-state index in [1.165, 1.54) is 36.4 Å². The summed E-state index contributed by atoms with van der Waals surface area (Å²) in [5, 5.41) is 61.6. The van der Waals surface area contributed by atoms with Gasteiger partial charge in [-0.2, -0.15) is 0 Å². The maximum Gasteiger partial charge on any atom is 0.233 e. The summed E-state index contributed by atoms with van der Waals surface area (Å²) >= 11 is 0. The monoisotopic (exact) mass is 593 g/mol. The number of carbonyl (C=O) groups is 1. The summed E-state index contributed by atoms with van der Waals surface area (Å²) in [4.78, 5) is 15.1. The van der Waals surface area contributed by atoms with E-state index in [9.17, 15) is 39.8 Å². The van der Waals surface area contributed by atoms with Crippen LogP contribution in [-0.2, 0) is 9.53 Å². The van der Waals surface area contributed by atoms with E-state index in [4.69, 9.17) is 4.74 Å². The molecule has 3 aromatic carbocycles. The SMILES string of the molecule is Cc1ccc(N2C(=O)[C@H](CC[C@H](O)c3ccc(F)cc3)[C@H]2c2ccc(/C=C/[C@@H]3OC(CO)[C@@H](O)C(O)C3O)cc2O)cc1. The van der Waals surface area contributed by atoms with Gasteiger partial charge in [0.05, 0.1) is 24.7 Å². The highest BCUT2D eigenvalue weighted by molar-refractivity contribution is 6.03. The molecular weight excluding hydrogens is 557 g/mol. The minimum Gasteiger partial charge on any atom is -0.508 e. The number of aliphatic hydroxyl groups excluding tert-OH is 5. The van der Waals surface area contributed by atoms with Crippen LogP contribution >= 0.6 is 0 Å². The number of benzene rings is 3. The third-order valence-electron chi connectivity index (χ3n) is 8.31. The largest absolute Gasteiger partial charge is 0.508 e. The molecule has 2 saturated heterocycles. The van der Waals surface area contributed by atoms with E-state index in [2.05, 4.69) is 0 Å². The highest BCUT2D eigenvalue weighted by Gasteiger charge is 2.49. The van der Waals surface area contributed by atoms with Crippen LogP contribution in [0.5, 0.6) is 5.75 Å². The van der Waals surface area contributed by atoms with Gasteiger partial charge in [-0.25, -0.2) is 4.39 Å². The first kappa shape index (κ1) is 30.8. The quantitative estimate of drug-likeness (QED) is 0.207. The Balaban J connectivity index is 1.37. The number of nitrogens with zero attached hydrogens (tertiary/aromatic N) is 1. The van der Waals surface area contributed by atoms with E-state index in [-0.39, 0.29) is 18.1 Å². The van der Waals surface area contributed by atoms with Crippen LogP contribution in [-0.4, -0.2) is 73.7 Å². The van der Waals surface area contributed by atoms with Crippen LogP contribution in [0, 0.1) is 18.7 Å². The molecule has 1 amide bonds. The summed E-state index contributed by atoms with van der Waals surface area (Å²) < 4.78 is 18.8. The van der Waals surface area contributed by atoms with Crippen LogP contribution < -0.4 is 4.90 Å². The maximum absolute atomic E-state index is 13.4. The fraction of sp³-hybridized carbons (Fsp3) is 0.364. The summed E-state index contributed by atoms with van der Waals surface area (Å²) in [6.45, 7) is 1.41. The van der Waals surface area contributed by atoms with Gasteiger partial charge in [-0.3, -0.25) is 4.79 Å². The van der Waals surface area contributed by atoms with Crippen molar-refractivity contribution in [3.05, 3.63) is 101 Å². The van der Waals surface area contributed by atoms with Crippen LogP contribution in [0.25, 0.3) is 6.08 Å². The summed E-state index contributed by atoms with van der Waals surface area (Å²) in [6, 6.07) is 17.5. The molecule has 8 atom stereocenters. The highest BCUT2D eigenvalue weighted by Crippen LogP contribution is 2.48. The van der Waals surface area contributed by atoms with Crippen molar-refractivity contribution in [2.24, 2.45) is 5.92 Å². The molecular formula is C33H36FNO8. The number of anilines is 1. The predicted octanol–water partition coefficient (Wildman–Crippen LogP) is 2.91. The first-order valence-corrected chi connectivity index (χ1v) is 14.2. The van der Waals surface area contributed by atoms with Crippen molar-refractivity contribution in [2.45, 2.75) is 62.4 Å². The molecule has 5 rings (SSSR count). The van der Waals surface area contributed by atoms with Gasteiger partial charge >= 0.3 is 0 Å². The van der Waals surface area contributed by atoms with E-state index >= 15 is 0 Å². The molecule has 0 bridgehead atoms. The first-order chi connectivity index (χ1) is 20.6. The molecule has 0 spiro atoms. The number of hydrogen-bond donors (Lipinski definition) is 6. The van der Waals surface area contributed by atoms with Crippen molar-refractivity contribution in [3.8, 4) is 5.75 Å². The van der Waals surface area contributed by atoms with E-state index in [0.717, 1.165) is 5.56 Å². The van der Waals surface area contributed by atoms with Gasteiger partial charge in [0.15, 0.2) is 0 Å². The van der Waals surface area contributed by atoms with Crippen LogP contribution in [0.2, 0.25) is 0 Å². The molecule has 0 aliphatic carbocycles. The summed E-state index contributed by atoms with van der Waals surface area (Å²) in [7, 11) is 0. The highest BCUT2D eigenvalue weighted by atomic mass is 19.1. The van der Waals surface area contributed by atoms with Crippen molar-refractivity contribution in [1.29, 1.82) is 0 Å². The van der Waals surface area contributed by atoms with Crippen LogP contribution in [0.15, 0.2) is 72.8 Å². The Bertz CT molecular complexity index is 1440. The van der Waals surface area contributed by atoms with Gasteiger partial charge < -0.3 is 40.3 Å². The molecule has 43 heavy (non-hydrogen) atoms. The lowest BCUT2D eigenvalue weighted by molar-refractivity contribution is -0.216. The van der Waals surface area contributed by atoms with Crippen molar-refractivity contribution in [1.82, 2.24) is 0 Å². The standard InChI is InChI=1S/C33H36FNO8/c1-18-2-10-22(11-3-18)35-29(24(33(35)42)13-14-25(37)20-6-8-21(34)9-7-20)23-12-4-19(16-26(23)38)5-15-27-30(39)32(41)31(40)28(17-36)43-27/h2-12,15-16,24-25,27-32,36-41H,13-14,17H2,1H3/b15-5+/t24-,25+,27+,28?,29-,30?,31-,32?/m1/s1. The molecule has 9 nitrogen and oxygen atoms in total. The van der Waals surface area contributed by atoms with Gasteiger partial charge in [0.2, 0.25) is 5.91 Å². The summed E-state index contributed by atoms with van der Waals surface area (Å²) in [5.41, 5.74) is 3.34. The van der Waals surface area contributed by atoms with Crippen molar-refractivity contribution in [3.63, 3.8) is 0 Å². The average molecular weight is 594 g/mol. The zero-order valence-corrected chi connectivity index (χ0v) is 23.6. The number of phenolic OH excluding ortho intramolecular Hbond substituents is 1. The number of aryl methyl sites for hydroxylation is 1. The Kier molecular flexibility index (Phi) is 9.26. The fourth-order valence-electron chi connectivity index (χ4n) is 5.78. The number of carbonyl (C=O) groups excluding carboxylic acids is 1. The lowest BCUT2D eigenvalue weighted by Crippen LogP contribution is -2.57. The minimum atomic E-state index is -1.50. The van der Waals surface area contributed by atoms with Gasteiger partial charge in [0.1, 0.15) is 42.1 Å². The lowest BCUT2D eigenvalue weighted by Gasteiger charge is -2.48. The van der Waals surface area contributed by atoms with Crippen LogP contribution in [0.1, 0.15) is 47.2 Å². The van der Waals surface area contributed by atoms with E-state index in [1.807, 2.05) is 31.2 Å². The molecule has 2 fully saturated rings. The number of aromatic hydroxyl groups is 1. The average Bonchev–Trinajstić information content (AvgIpc) is 3.00. The molecule has 10 heteroatoms. The van der Waals surface area contributed by atoms with E-state index in [0.29, 0.717) is 28.8 Å². The third kappa shape index (κ3) is 6.35. The second kappa shape index (κ2) is 12.9. The Morgan fingerprint density at radius 2 is 1.67 bits per heavy atom. The predicted molar refractivity (Wildman–Crippen MR) is 156 cm³/mol. The molecule has 2 heterocycles. The zero-order chi connectivity index (χ0) is 30.8. The number of phenols is 1. The molecule has 2 aliphatic rings. The second-order valence-corrected chi connectivity index (χ2v) is 11.2. The summed E-state index contributed by atoms with van der Waals surface area (Å²) in [5.74, 6) is -1.11. The molecule has 228 valence electrons. The number of rotatable bonds is 9. The molecule has 0 saturated carbocycles. The van der Waals surface area contributed by atoms with Crippen LogP contribution in [0.4, 0.5) is 10.1 Å². The minimum absolute atomic E-state index is 0.0605. The Morgan fingerprint density at radius 1 is 0.977 bits per heavy atom. The molecule has 3 unspecified atom stereocenters. The molecule has 3 aromatic rings. The molecule has 0 aromatic heterocycles. The number of amides is 1. The maximum atomic E-state index is 13.4. The molecule has 2 aliphatic heterocycles. The lowest BCUT2D eigenvalue weighted by atomic mass is 9.77. The van der Waals surface area contributed by atoms with Gasteiger partial charge in [-0.1, -0.05) is 54.1 Å². The Hall–Kier alpha value is -3.64. The van der Waals surface area contributed by atoms with Gasteiger partial charge in [-0.05, 0) is 61.2 Å². The number of aliphatic hydroxyl groups is 5. The fourth-order valence-corrected chi connectivity index (χ4v) is 5.78. The smallest absolute Gasteiger partial charge is 0.233 e. The van der Waals surface area contributed by atoms with Gasteiger partial charge in [0.25, 0.3) is 0 Å². The van der Waals surface area contributed by atoms with Crippen molar-refractivity contribution < 1.29 is 44.6 Å². The number of ether oxygens (including phenoxy) is 1. The topological polar surface area (TPSA) is 151 Å². The Morgan fingerprint density at radius 3 is 2.33 bits per heavy atom. The number of halogens is 1. The van der Waals surface area contributed by atoms with Gasteiger partial charge in [-0.15, -0.1) is 0 Å². The number of β-lactam (4-membered cyclic amide) rings is 1. The third-order valence-corrected chi connectivity index (χ3v) is 8.31. The normalized spacial score (nSPS) is 28.2. The number of hydrogen-bond acceptors (Lipinski definition) is 8. The zero-order valence-electron chi connectivity index (χ0n) is 23.6.